The van der Waals surface area contributed by atoms with Gasteiger partial charge >= 0.3 is 0 Å². The van der Waals surface area contributed by atoms with Gasteiger partial charge in [0, 0.05) is 5.56 Å². The molecule has 2 atom stereocenters. The number of aliphatic hydroxyl groups excluding tert-OH is 2. The molecule has 0 radical (unpaired) electrons. The summed E-state index contributed by atoms with van der Waals surface area (Å²) in [5.74, 6) is -0.208. The summed E-state index contributed by atoms with van der Waals surface area (Å²) in [6.07, 6.45) is -2.71. The molecule has 0 saturated heterocycles. The van der Waals surface area contributed by atoms with E-state index in [1.54, 1.807) is 24.3 Å². The van der Waals surface area contributed by atoms with Crippen LogP contribution in [0.4, 0.5) is 0 Å². The van der Waals surface area contributed by atoms with Crippen molar-refractivity contribution >= 4 is 5.91 Å². The average Bonchev–Trinajstić information content (AvgIpc) is 2.27. The third-order valence-corrected chi connectivity index (χ3v) is 2.23. The molecule has 1 aromatic carbocycles. The Morgan fingerprint density at radius 2 is 2.06 bits per heavy atom. The number of carbonyl (C=O) groups excluding carboxylic acids is 1. The highest BCUT2D eigenvalue weighted by Gasteiger charge is 2.22. The molecule has 0 aliphatic carbocycles. The zero-order chi connectivity index (χ0) is 12.1. The summed E-state index contributed by atoms with van der Waals surface area (Å²) in [6.45, 7) is 0. The van der Waals surface area contributed by atoms with Crippen LogP contribution in [0, 0.1) is 0 Å². The van der Waals surface area contributed by atoms with Crippen molar-refractivity contribution in [1.29, 1.82) is 0 Å². The van der Waals surface area contributed by atoms with Gasteiger partial charge in [0.2, 0.25) is 5.91 Å². The van der Waals surface area contributed by atoms with Crippen molar-refractivity contribution in [1.82, 2.24) is 0 Å². The number of rotatable bonds is 5. The van der Waals surface area contributed by atoms with E-state index in [4.69, 9.17) is 10.5 Å². The molecule has 0 bridgehead atoms. The molecule has 0 aliphatic heterocycles. The third-order valence-electron chi connectivity index (χ3n) is 2.23. The Kier molecular flexibility index (Phi) is 4.28. The second-order valence-electron chi connectivity index (χ2n) is 3.42. The number of ether oxygens (including phenoxy) is 1. The molecule has 0 aliphatic rings. The topological polar surface area (TPSA) is 92.8 Å². The van der Waals surface area contributed by atoms with Crippen LogP contribution < -0.4 is 10.5 Å². The molecule has 0 aromatic heterocycles. The number of methoxy groups -OCH3 is 1. The van der Waals surface area contributed by atoms with Gasteiger partial charge in [-0.2, -0.15) is 0 Å². The highest BCUT2D eigenvalue weighted by molar-refractivity contribution is 5.74. The van der Waals surface area contributed by atoms with Gasteiger partial charge < -0.3 is 20.7 Å². The van der Waals surface area contributed by atoms with Crippen LogP contribution in [0.15, 0.2) is 24.3 Å². The fraction of sp³-hybridized carbons (Fsp3) is 0.364. The predicted molar refractivity (Wildman–Crippen MR) is 57.8 cm³/mol. The number of hydrogen-bond donors (Lipinski definition) is 3. The van der Waals surface area contributed by atoms with E-state index in [0.29, 0.717) is 11.3 Å². The van der Waals surface area contributed by atoms with Gasteiger partial charge in [-0.15, -0.1) is 0 Å². The zero-order valence-electron chi connectivity index (χ0n) is 8.96. The van der Waals surface area contributed by atoms with E-state index < -0.39 is 18.1 Å². The Labute approximate surface area is 93.5 Å². The van der Waals surface area contributed by atoms with Crippen LogP contribution in [0.1, 0.15) is 18.1 Å². The lowest BCUT2D eigenvalue weighted by atomic mass is 10.0. The predicted octanol–water partition coefficient (Wildman–Crippen LogP) is -0.0351. The van der Waals surface area contributed by atoms with Gasteiger partial charge in [0.1, 0.15) is 11.9 Å². The van der Waals surface area contributed by atoms with Gasteiger partial charge in [-0.05, 0) is 6.07 Å². The Morgan fingerprint density at radius 3 is 2.62 bits per heavy atom. The maximum atomic E-state index is 10.6. The first-order valence-corrected chi connectivity index (χ1v) is 4.83. The minimum absolute atomic E-state index is 0.292. The fourth-order valence-corrected chi connectivity index (χ4v) is 1.44. The van der Waals surface area contributed by atoms with Crippen molar-refractivity contribution < 1.29 is 19.7 Å². The van der Waals surface area contributed by atoms with E-state index in [0.717, 1.165) is 0 Å². The van der Waals surface area contributed by atoms with E-state index in [2.05, 4.69) is 0 Å². The maximum absolute atomic E-state index is 10.6. The van der Waals surface area contributed by atoms with Crippen LogP contribution in [-0.2, 0) is 4.79 Å². The summed E-state index contributed by atoms with van der Waals surface area (Å²) >= 11 is 0. The van der Waals surface area contributed by atoms with Crippen LogP contribution in [0.3, 0.4) is 0 Å². The Balaban J connectivity index is 2.86. The zero-order valence-corrected chi connectivity index (χ0v) is 8.96. The first kappa shape index (κ1) is 12.5. The number of primary amides is 1. The number of hydrogen-bond acceptors (Lipinski definition) is 4. The van der Waals surface area contributed by atoms with E-state index in [9.17, 15) is 15.0 Å². The van der Waals surface area contributed by atoms with Crippen LogP contribution in [0.2, 0.25) is 0 Å². The number of para-hydroxylation sites is 1. The van der Waals surface area contributed by atoms with E-state index in [-0.39, 0.29) is 6.42 Å². The first-order chi connectivity index (χ1) is 7.56. The molecule has 1 rings (SSSR count). The summed E-state index contributed by atoms with van der Waals surface area (Å²) in [5, 5.41) is 19.4. The van der Waals surface area contributed by atoms with Crippen LogP contribution in [0.5, 0.6) is 5.75 Å². The lowest BCUT2D eigenvalue weighted by Crippen LogP contribution is -2.25. The molecule has 4 N–H and O–H groups in total. The van der Waals surface area contributed by atoms with Gasteiger partial charge in [0.05, 0.1) is 19.6 Å². The van der Waals surface area contributed by atoms with Gasteiger partial charge in [-0.25, -0.2) is 0 Å². The standard InChI is InChI=1S/C11H15NO4/c1-16-9-5-3-2-4-7(9)11(15)8(13)6-10(12)14/h2-5,8,11,13,15H,6H2,1H3,(H2,12,14). The summed E-state index contributed by atoms with van der Waals surface area (Å²) < 4.78 is 5.03. The van der Waals surface area contributed by atoms with Crippen LogP contribution in [0.25, 0.3) is 0 Å². The van der Waals surface area contributed by atoms with E-state index >= 15 is 0 Å². The van der Waals surface area contributed by atoms with Crippen molar-refractivity contribution in [3.63, 3.8) is 0 Å². The number of aliphatic hydroxyl groups is 2. The van der Waals surface area contributed by atoms with Gasteiger partial charge in [0.25, 0.3) is 0 Å². The molecule has 2 unspecified atom stereocenters. The quantitative estimate of drug-likeness (QED) is 0.655. The normalized spacial score (nSPS) is 14.2. The maximum Gasteiger partial charge on any atom is 0.220 e. The smallest absolute Gasteiger partial charge is 0.220 e. The fourth-order valence-electron chi connectivity index (χ4n) is 1.44. The van der Waals surface area contributed by atoms with E-state index in [1.165, 1.54) is 7.11 Å². The Hall–Kier alpha value is -1.59. The molecule has 1 amide bonds. The second-order valence-corrected chi connectivity index (χ2v) is 3.42. The summed E-state index contributed by atoms with van der Waals surface area (Å²) in [6, 6.07) is 6.73. The molecule has 0 heterocycles. The lowest BCUT2D eigenvalue weighted by Gasteiger charge is -2.18. The van der Waals surface area contributed by atoms with Crippen molar-refractivity contribution in [2.75, 3.05) is 7.11 Å². The average molecular weight is 225 g/mol. The molecule has 5 nitrogen and oxygen atoms in total. The molecule has 0 spiro atoms. The molecule has 1 aromatic rings. The first-order valence-electron chi connectivity index (χ1n) is 4.83. The lowest BCUT2D eigenvalue weighted by molar-refractivity contribution is -0.121. The minimum Gasteiger partial charge on any atom is -0.496 e. The van der Waals surface area contributed by atoms with Crippen molar-refractivity contribution in [3.8, 4) is 5.75 Å². The Morgan fingerprint density at radius 1 is 1.44 bits per heavy atom. The highest BCUT2D eigenvalue weighted by atomic mass is 16.5. The van der Waals surface area contributed by atoms with Gasteiger partial charge in [0.15, 0.2) is 0 Å². The SMILES string of the molecule is COc1ccccc1C(O)C(O)CC(N)=O. The van der Waals surface area contributed by atoms with Gasteiger partial charge in [-0.3, -0.25) is 4.79 Å². The third kappa shape index (κ3) is 2.95. The van der Waals surface area contributed by atoms with Crippen molar-refractivity contribution in [2.45, 2.75) is 18.6 Å². The molecular formula is C11H15NO4. The monoisotopic (exact) mass is 225 g/mol. The summed E-state index contributed by atoms with van der Waals surface area (Å²) in [5.41, 5.74) is 5.37. The minimum atomic E-state index is -1.23. The molecule has 0 fully saturated rings. The molecule has 16 heavy (non-hydrogen) atoms. The Bertz CT molecular complexity index is 367. The largest absolute Gasteiger partial charge is 0.496 e. The highest BCUT2D eigenvalue weighted by Crippen LogP contribution is 2.27. The van der Waals surface area contributed by atoms with Crippen LogP contribution in [-0.4, -0.2) is 29.3 Å². The van der Waals surface area contributed by atoms with E-state index in [1.807, 2.05) is 0 Å². The van der Waals surface area contributed by atoms with Gasteiger partial charge in [-0.1, -0.05) is 18.2 Å². The molecule has 5 heteroatoms. The molecule has 0 saturated carbocycles. The molecular weight excluding hydrogens is 210 g/mol. The van der Waals surface area contributed by atoms with Crippen molar-refractivity contribution in [3.05, 3.63) is 29.8 Å². The van der Waals surface area contributed by atoms with Crippen molar-refractivity contribution in [2.24, 2.45) is 5.73 Å². The number of amides is 1. The second kappa shape index (κ2) is 5.48. The summed E-state index contributed by atoms with van der Waals surface area (Å²) in [7, 11) is 1.46. The number of nitrogens with two attached hydrogens (primary N) is 1. The number of benzene rings is 1. The summed E-state index contributed by atoms with van der Waals surface area (Å²) in [4.78, 5) is 10.6. The van der Waals surface area contributed by atoms with Crippen LogP contribution >= 0.6 is 0 Å². The molecule has 88 valence electrons. The number of carbonyl (C=O) groups is 1.